The SMILES string of the molecule is N#Cc1cc(-c2cc(C3CCN(C4COC4)CC3)n(C3CCCC3)n2)cnc1N. The van der Waals surface area contributed by atoms with Gasteiger partial charge in [-0.05, 0) is 50.9 Å². The largest absolute Gasteiger partial charge is 0.383 e. The second kappa shape index (κ2) is 7.77. The van der Waals surface area contributed by atoms with Gasteiger partial charge in [-0.1, -0.05) is 12.8 Å². The zero-order valence-corrected chi connectivity index (χ0v) is 16.8. The molecule has 1 saturated carbocycles. The van der Waals surface area contributed by atoms with E-state index in [0.29, 0.717) is 23.6 Å². The van der Waals surface area contributed by atoms with Crippen LogP contribution >= 0.6 is 0 Å². The summed E-state index contributed by atoms with van der Waals surface area (Å²) in [6.45, 7) is 4.04. The van der Waals surface area contributed by atoms with E-state index in [-0.39, 0.29) is 5.82 Å². The molecule has 7 nitrogen and oxygen atoms in total. The maximum absolute atomic E-state index is 9.31. The summed E-state index contributed by atoms with van der Waals surface area (Å²) in [5.41, 5.74) is 9.36. The van der Waals surface area contributed by atoms with Gasteiger partial charge in [0.25, 0.3) is 0 Å². The number of hydrogen-bond acceptors (Lipinski definition) is 6. The first-order valence-electron chi connectivity index (χ1n) is 10.8. The number of nitrogen functional groups attached to an aromatic ring is 1. The lowest BCUT2D eigenvalue weighted by molar-refractivity contribution is -0.0714. The summed E-state index contributed by atoms with van der Waals surface area (Å²) < 4.78 is 7.68. The Bertz CT molecular complexity index is 914. The lowest BCUT2D eigenvalue weighted by Crippen LogP contribution is -2.51. The van der Waals surface area contributed by atoms with Gasteiger partial charge >= 0.3 is 0 Å². The van der Waals surface area contributed by atoms with Crippen molar-refractivity contribution in [2.45, 2.75) is 56.5 Å². The Morgan fingerprint density at radius 2 is 1.83 bits per heavy atom. The average Bonchev–Trinajstić information content (AvgIpc) is 3.37. The van der Waals surface area contributed by atoms with Crippen LogP contribution in [0.4, 0.5) is 5.82 Å². The number of aromatic nitrogens is 3. The van der Waals surface area contributed by atoms with Crippen LogP contribution in [-0.2, 0) is 4.74 Å². The molecule has 152 valence electrons. The molecule has 7 heteroatoms. The van der Waals surface area contributed by atoms with Gasteiger partial charge in [0.15, 0.2) is 0 Å². The van der Waals surface area contributed by atoms with Crippen LogP contribution in [-0.4, -0.2) is 52.0 Å². The van der Waals surface area contributed by atoms with Crippen LogP contribution in [0.1, 0.15) is 61.7 Å². The highest BCUT2D eigenvalue weighted by Crippen LogP contribution is 2.38. The van der Waals surface area contributed by atoms with E-state index >= 15 is 0 Å². The summed E-state index contributed by atoms with van der Waals surface area (Å²) in [6, 6.07) is 7.30. The Labute approximate surface area is 171 Å². The number of pyridine rings is 1. The van der Waals surface area contributed by atoms with E-state index < -0.39 is 0 Å². The number of hydrogen-bond donors (Lipinski definition) is 1. The lowest BCUT2D eigenvalue weighted by atomic mass is 9.91. The molecule has 3 fully saturated rings. The van der Waals surface area contributed by atoms with Crippen LogP contribution in [0.2, 0.25) is 0 Å². The molecule has 0 atom stereocenters. The molecule has 0 spiro atoms. The minimum absolute atomic E-state index is 0.277. The molecule has 1 aliphatic carbocycles. The van der Waals surface area contributed by atoms with E-state index in [9.17, 15) is 5.26 Å². The van der Waals surface area contributed by atoms with Gasteiger partial charge in [0.2, 0.25) is 0 Å². The van der Waals surface area contributed by atoms with Crippen LogP contribution in [0, 0.1) is 11.3 Å². The summed E-state index contributed by atoms with van der Waals surface area (Å²) in [5.74, 6) is 0.810. The fourth-order valence-electron chi connectivity index (χ4n) is 5.00. The first-order valence-corrected chi connectivity index (χ1v) is 10.8. The number of anilines is 1. The third-order valence-corrected chi connectivity index (χ3v) is 6.85. The minimum atomic E-state index is 0.277. The summed E-state index contributed by atoms with van der Waals surface area (Å²) in [7, 11) is 0. The molecule has 2 aromatic rings. The molecule has 3 aliphatic rings. The smallest absolute Gasteiger partial charge is 0.141 e. The highest BCUT2D eigenvalue weighted by atomic mass is 16.5. The Balaban J connectivity index is 1.43. The highest BCUT2D eigenvalue weighted by Gasteiger charge is 2.32. The first-order chi connectivity index (χ1) is 14.2. The standard InChI is InChI=1S/C22H28N6O/c23-11-16-9-17(12-25-22(16)24)20-10-21(28(26-20)18-3-1-2-4-18)15-5-7-27(8-6-15)19-13-29-14-19/h9-10,12,15,18-19H,1-8,13-14H2,(H2,24,25). The van der Waals surface area contributed by atoms with Crippen LogP contribution in [0.15, 0.2) is 18.3 Å². The average molecular weight is 393 g/mol. The normalized spacial score (nSPS) is 21.9. The molecule has 2 aromatic heterocycles. The Hall–Kier alpha value is -2.43. The monoisotopic (exact) mass is 392 g/mol. The molecule has 0 amide bonds. The van der Waals surface area contributed by atoms with Crippen molar-refractivity contribution < 1.29 is 4.74 Å². The van der Waals surface area contributed by atoms with E-state index in [1.165, 1.54) is 31.4 Å². The maximum Gasteiger partial charge on any atom is 0.141 e. The van der Waals surface area contributed by atoms with E-state index in [1.807, 2.05) is 6.07 Å². The van der Waals surface area contributed by atoms with Crippen molar-refractivity contribution in [3.63, 3.8) is 0 Å². The number of piperidine rings is 1. The fraction of sp³-hybridized carbons (Fsp3) is 0.591. The molecule has 0 unspecified atom stereocenters. The molecule has 0 aromatic carbocycles. The molecule has 2 N–H and O–H groups in total. The van der Waals surface area contributed by atoms with E-state index in [1.54, 1.807) is 6.20 Å². The molecule has 2 aliphatic heterocycles. The van der Waals surface area contributed by atoms with Gasteiger partial charge < -0.3 is 10.5 Å². The number of nitrogens with two attached hydrogens (primary N) is 1. The van der Waals surface area contributed by atoms with Gasteiger partial charge in [-0.25, -0.2) is 4.98 Å². The van der Waals surface area contributed by atoms with Gasteiger partial charge in [0.05, 0.1) is 36.6 Å². The van der Waals surface area contributed by atoms with Gasteiger partial charge in [-0.3, -0.25) is 9.58 Å². The van der Waals surface area contributed by atoms with Gasteiger partial charge in [-0.2, -0.15) is 10.4 Å². The molecule has 0 radical (unpaired) electrons. The van der Waals surface area contributed by atoms with Gasteiger partial charge in [0, 0.05) is 23.4 Å². The highest BCUT2D eigenvalue weighted by molar-refractivity contribution is 5.64. The summed E-state index contributed by atoms with van der Waals surface area (Å²) in [5, 5.41) is 14.3. The Morgan fingerprint density at radius 1 is 1.07 bits per heavy atom. The van der Waals surface area contributed by atoms with Crippen molar-refractivity contribution in [3.8, 4) is 17.3 Å². The quantitative estimate of drug-likeness (QED) is 0.859. The van der Waals surface area contributed by atoms with E-state index in [4.69, 9.17) is 15.6 Å². The number of nitriles is 1. The Kier molecular flexibility index (Phi) is 4.98. The second-order valence-electron chi connectivity index (χ2n) is 8.61. The minimum Gasteiger partial charge on any atom is -0.383 e. The molecular weight excluding hydrogens is 364 g/mol. The molecule has 4 heterocycles. The van der Waals surface area contributed by atoms with Crippen molar-refractivity contribution in [2.24, 2.45) is 0 Å². The van der Waals surface area contributed by atoms with Crippen LogP contribution < -0.4 is 5.73 Å². The first kappa shape index (κ1) is 18.6. The maximum atomic E-state index is 9.31. The van der Waals surface area contributed by atoms with Gasteiger partial charge in [-0.15, -0.1) is 0 Å². The third-order valence-electron chi connectivity index (χ3n) is 6.85. The zero-order valence-electron chi connectivity index (χ0n) is 16.8. The van der Waals surface area contributed by atoms with Crippen LogP contribution in [0.3, 0.4) is 0 Å². The summed E-state index contributed by atoms with van der Waals surface area (Å²) in [4.78, 5) is 6.79. The molecule has 0 bridgehead atoms. The molecule has 2 saturated heterocycles. The van der Waals surface area contributed by atoms with Crippen molar-refractivity contribution in [1.82, 2.24) is 19.7 Å². The summed E-state index contributed by atoms with van der Waals surface area (Å²) >= 11 is 0. The predicted octanol–water partition coefficient (Wildman–Crippen LogP) is 3.09. The van der Waals surface area contributed by atoms with Crippen LogP contribution in [0.25, 0.3) is 11.3 Å². The van der Waals surface area contributed by atoms with Gasteiger partial charge in [0.1, 0.15) is 11.9 Å². The Morgan fingerprint density at radius 3 is 2.48 bits per heavy atom. The molecule has 5 rings (SSSR count). The topological polar surface area (TPSA) is 93.0 Å². The van der Waals surface area contributed by atoms with Crippen LogP contribution in [0.5, 0.6) is 0 Å². The van der Waals surface area contributed by atoms with Crippen molar-refractivity contribution >= 4 is 5.82 Å². The zero-order chi connectivity index (χ0) is 19.8. The number of nitrogens with zero attached hydrogens (tertiary/aromatic N) is 5. The van der Waals surface area contributed by atoms with Crippen molar-refractivity contribution in [3.05, 3.63) is 29.6 Å². The number of ether oxygens (including phenoxy) is 1. The number of rotatable bonds is 4. The lowest BCUT2D eigenvalue weighted by Gasteiger charge is -2.41. The third kappa shape index (κ3) is 3.52. The van der Waals surface area contributed by atoms with E-state index in [0.717, 1.165) is 50.4 Å². The fourth-order valence-corrected chi connectivity index (χ4v) is 5.00. The van der Waals surface area contributed by atoms with Crippen molar-refractivity contribution in [2.75, 3.05) is 32.0 Å². The second-order valence-corrected chi connectivity index (χ2v) is 8.61. The summed E-state index contributed by atoms with van der Waals surface area (Å²) in [6.07, 6.45) is 9.03. The molecule has 29 heavy (non-hydrogen) atoms. The molecular formula is C22H28N6O. The number of likely N-dealkylation sites (tertiary alicyclic amines) is 1. The predicted molar refractivity (Wildman–Crippen MR) is 110 cm³/mol. The van der Waals surface area contributed by atoms with E-state index in [2.05, 4.69) is 26.7 Å². The van der Waals surface area contributed by atoms with Crippen molar-refractivity contribution in [1.29, 1.82) is 5.26 Å².